The summed E-state index contributed by atoms with van der Waals surface area (Å²) in [7, 11) is -0.549. The van der Waals surface area contributed by atoms with Crippen LogP contribution in [0.2, 0.25) is 0 Å². The minimum absolute atomic E-state index is 0.0370. The van der Waals surface area contributed by atoms with Gasteiger partial charge in [0.25, 0.3) is 11.8 Å². The largest absolute Gasteiger partial charge is 0.477 e. The highest BCUT2D eigenvalue weighted by Gasteiger charge is 2.57. The van der Waals surface area contributed by atoms with E-state index in [0.29, 0.717) is 0 Å². The number of carboxylic acid groups (broad SMARTS) is 1. The normalized spacial score (nSPS) is 23.0. The molecule has 3 heterocycles. The van der Waals surface area contributed by atoms with E-state index >= 15 is 0 Å². The van der Waals surface area contributed by atoms with E-state index in [1.165, 1.54) is 12.5 Å². The third-order valence-electron chi connectivity index (χ3n) is 4.31. The van der Waals surface area contributed by atoms with Crippen molar-refractivity contribution in [3.05, 3.63) is 22.3 Å². The molecule has 166 valence electrons. The number of nitrogen functional groups attached to an aromatic ring is 1. The van der Waals surface area contributed by atoms with Crippen LogP contribution in [0.3, 0.4) is 0 Å². The molecule has 3 rings (SSSR count). The molecule has 0 saturated carbocycles. The van der Waals surface area contributed by atoms with Gasteiger partial charge in [0.05, 0.1) is 16.6 Å². The second-order valence-electron chi connectivity index (χ2n) is 6.31. The summed E-state index contributed by atoms with van der Waals surface area (Å²) in [6.45, 7) is 0.727. The molecule has 4 N–H and O–H groups in total. The van der Waals surface area contributed by atoms with E-state index in [1.807, 2.05) is 0 Å². The number of amides is 2. The lowest BCUT2D eigenvalue weighted by Crippen LogP contribution is -2.74. The molecule has 2 aliphatic heterocycles. The number of esters is 1. The van der Waals surface area contributed by atoms with Gasteiger partial charge < -0.3 is 25.7 Å². The first-order valence-electron chi connectivity index (χ1n) is 8.58. The van der Waals surface area contributed by atoms with Gasteiger partial charge in [-0.1, -0.05) is 5.16 Å². The van der Waals surface area contributed by atoms with Gasteiger partial charge in [0.1, 0.15) is 36.5 Å². The fraction of sp³-hybridized carbons (Fsp3) is 0.375. The number of aliphatic carboxylic acids is 1. The van der Waals surface area contributed by atoms with Crippen molar-refractivity contribution < 1.29 is 38.1 Å². The highest BCUT2D eigenvalue weighted by Crippen LogP contribution is 2.35. The van der Waals surface area contributed by atoms with Gasteiger partial charge in [-0.3, -0.25) is 23.5 Å². The fourth-order valence-electron chi connectivity index (χ4n) is 3.05. The third kappa shape index (κ3) is 4.27. The van der Waals surface area contributed by atoms with Crippen LogP contribution in [0.15, 0.2) is 21.8 Å². The molecule has 0 bridgehead atoms. The number of oxime groups is 1. The van der Waals surface area contributed by atoms with Crippen molar-refractivity contribution in [1.29, 1.82) is 0 Å². The number of β-lactam (4-membered cyclic amide) rings is 1. The van der Waals surface area contributed by atoms with E-state index < -0.39 is 58.3 Å². The number of nitrogens with one attached hydrogen (secondary N) is 1. The molecule has 1 fully saturated rings. The minimum atomic E-state index is -1.76. The molecule has 0 unspecified atom stereocenters. The van der Waals surface area contributed by atoms with Crippen molar-refractivity contribution >= 4 is 56.7 Å². The highest BCUT2D eigenvalue weighted by molar-refractivity contribution is 7.86. The molecule has 13 nitrogen and oxygen atoms in total. The van der Waals surface area contributed by atoms with Crippen molar-refractivity contribution in [3.63, 3.8) is 0 Å². The maximum atomic E-state index is 12.7. The number of nitrogens with zero attached hydrogens (tertiary/aromatic N) is 3. The van der Waals surface area contributed by atoms with Gasteiger partial charge in [-0.05, 0) is 0 Å². The second-order valence-corrected chi connectivity index (χ2v) is 8.73. The Hall–Kier alpha value is -3.33. The predicted octanol–water partition coefficient (Wildman–Crippen LogP) is -1.61. The van der Waals surface area contributed by atoms with Gasteiger partial charge in [-0.25, -0.2) is 9.78 Å². The molecule has 2 amide bonds. The number of thiazole rings is 1. The number of nitrogens with two attached hydrogens (primary N) is 1. The number of hydrogen-bond donors (Lipinski definition) is 3. The van der Waals surface area contributed by atoms with E-state index in [-0.39, 0.29) is 27.9 Å². The molecular weight excluding hydrogens is 454 g/mol. The van der Waals surface area contributed by atoms with E-state index in [1.54, 1.807) is 0 Å². The number of rotatable bonds is 7. The molecule has 1 saturated heterocycles. The molecule has 0 radical (unpaired) electrons. The topological polar surface area (TPSA) is 191 Å². The van der Waals surface area contributed by atoms with E-state index in [4.69, 9.17) is 10.5 Å². The van der Waals surface area contributed by atoms with E-state index in [2.05, 4.69) is 20.3 Å². The molecule has 1 aromatic rings. The van der Waals surface area contributed by atoms with Gasteiger partial charge in [0, 0.05) is 17.9 Å². The second kappa shape index (κ2) is 8.81. The van der Waals surface area contributed by atoms with Gasteiger partial charge in [0.15, 0.2) is 10.8 Å². The van der Waals surface area contributed by atoms with Gasteiger partial charge >= 0.3 is 11.9 Å². The molecule has 0 aromatic carbocycles. The molecule has 3 atom stereocenters. The number of anilines is 1. The number of fused-ring (bicyclic) bond motifs is 1. The van der Waals surface area contributed by atoms with Gasteiger partial charge in [-0.2, -0.15) is 0 Å². The molecule has 31 heavy (non-hydrogen) atoms. The zero-order chi connectivity index (χ0) is 22.9. The first-order chi connectivity index (χ1) is 14.6. The maximum Gasteiger partial charge on any atom is 0.352 e. The number of aromatic nitrogens is 1. The van der Waals surface area contributed by atoms with E-state index in [9.17, 15) is 28.5 Å². The Morgan fingerprint density at radius 1 is 1.48 bits per heavy atom. The SMILES string of the molecule is CO/N=C(/C(=O)N[C@@H]1C(=O)N2C(C(=O)O)=C(COC(C)=O)C[S@@](=O)[C@H]12)c1csc(N)n1. The predicted molar refractivity (Wildman–Crippen MR) is 107 cm³/mol. The number of carbonyl (C=O) groups is 4. The summed E-state index contributed by atoms with van der Waals surface area (Å²) in [5, 5.41) is 16.1. The Labute approximate surface area is 181 Å². The summed E-state index contributed by atoms with van der Waals surface area (Å²) in [4.78, 5) is 57.5. The molecular formula is C16H17N5O8S2. The lowest BCUT2D eigenvalue weighted by atomic mass is 10.0. The quantitative estimate of drug-likeness (QED) is 0.180. The van der Waals surface area contributed by atoms with Crippen LogP contribution < -0.4 is 11.1 Å². The number of carboxylic acids is 1. The van der Waals surface area contributed by atoms with Gasteiger partial charge in [0.2, 0.25) is 0 Å². The van der Waals surface area contributed by atoms with Crippen molar-refractivity contribution in [2.45, 2.75) is 18.3 Å². The number of carbonyl (C=O) groups excluding carboxylic acids is 3. The van der Waals surface area contributed by atoms with Crippen LogP contribution in [0.5, 0.6) is 0 Å². The monoisotopic (exact) mass is 471 g/mol. The number of ether oxygens (including phenoxy) is 1. The Bertz CT molecular complexity index is 1050. The van der Waals surface area contributed by atoms with Crippen LogP contribution >= 0.6 is 11.3 Å². The molecule has 15 heteroatoms. The average molecular weight is 471 g/mol. The lowest BCUT2D eigenvalue weighted by molar-refractivity contribution is -0.150. The molecule has 0 spiro atoms. The zero-order valence-corrected chi connectivity index (χ0v) is 17.8. The van der Waals surface area contributed by atoms with Crippen molar-refractivity contribution in [2.24, 2.45) is 5.16 Å². The summed E-state index contributed by atoms with van der Waals surface area (Å²) in [6.07, 6.45) is 0. The molecule has 2 aliphatic rings. The maximum absolute atomic E-state index is 12.7. The first kappa shape index (κ1) is 22.4. The summed E-state index contributed by atoms with van der Waals surface area (Å²) in [6, 6.07) is -1.25. The summed E-state index contributed by atoms with van der Waals surface area (Å²) < 4.78 is 17.5. The van der Waals surface area contributed by atoms with Crippen LogP contribution in [0.25, 0.3) is 0 Å². The first-order valence-corrected chi connectivity index (χ1v) is 10.8. The summed E-state index contributed by atoms with van der Waals surface area (Å²) in [5.74, 6) is -3.95. The summed E-state index contributed by atoms with van der Waals surface area (Å²) in [5.41, 5.74) is 5.04. The van der Waals surface area contributed by atoms with Crippen LogP contribution in [-0.2, 0) is 39.6 Å². The Kier molecular flexibility index (Phi) is 6.35. The Balaban J connectivity index is 1.84. The van der Waals surface area contributed by atoms with Crippen LogP contribution in [0.1, 0.15) is 12.6 Å². The molecule has 1 aromatic heterocycles. The van der Waals surface area contributed by atoms with Crippen molar-refractivity contribution in [1.82, 2.24) is 15.2 Å². The molecule has 0 aliphatic carbocycles. The van der Waals surface area contributed by atoms with Crippen molar-refractivity contribution in [3.8, 4) is 0 Å². The van der Waals surface area contributed by atoms with E-state index in [0.717, 1.165) is 23.2 Å². The van der Waals surface area contributed by atoms with Crippen LogP contribution in [0.4, 0.5) is 5.13 Å². The van der Waals surface area contributed by atoms with Crippen molar-refractivity contribution in [2.75, 3.05) is 25.2 Å². The minimum Gasteiger partial charge on any atom is -0.477 e. The lowest BCUT2D eigenvalue weighted by Gasteiger charge is -2.48. The highest BCUT2D eigenvalue weighted by atomic mass is 32.2. The van der Waals surface area contributed by atoms with Gasteiger partial charge in [-0.15, -0.1) is 11.3 Å². The Morgan fingerprint density at radius 3 is 2.74 bits per heavy atom. The summed E-state index contributed by atoms with van der Waals surface area (Å²) >= 11 is 1.06. The zero-order valence-electron chi connectivity index (χ0n) is 16.2. The standard InChI is InChI=1S/C16H17N5O8S2/c1-6(22)29-3-7-5-31(27)14-10(13(24)21(14)11(7)15(25)26)19-12(23)9(20-28-2)8-4-30-16(17)18-8/h4,10,14H,3,5H2,1-2H3,(H2,17,18)(H,19,23)(H,25,26)/b20-9+/t10-,14-,31-/m1/s1. The number of hydrogen-bond acceptors (Lipinski definition) is 11. The fourth-order valence-corrected chi connectivity index (χ4v) is 5.27. The van der Waals surface area contributed by atoms with Crippen LogP contribution in [0, 0.1) is 0 Å². The van der Waals surface area contributed by atoms with Crippen LogP contribution in [-0.4, -0.2) is 79.5 Å². The average Bonchev–Trinajstić information content (AvgIpc) is 3.13. The smallest absolute Gasteiger partial charge is 0.352 e. The third-order valence-corrected chi connectivity index (χ3v) is 6.63. The Morgan fingerprint density at radius 2 is 2.19 bits per heavy atom.